The van der Waals surface area contributed by atoms with E-state index in [9.17, 15) is 16.8 Å². The van der Waals surface area contributed by atoms with Crippen LogP contribution in [0.2, 0.25) is 20.1 Å². The van der Waals surface area contributed by atoms with E-state index in [-0.39, 0.29) is 61.0 Å². The van der Waals surface area contributed by atoms with E-state index in [1.165, 1.54) is 42.8 Å². The number of hydrogen-bond acceptors (Lipinski definition) is 6. The number of nitrogens with zero attached hydrogens (tertiary/aromatic N) is 2. The van der Waals surface area contributed by atoms with Crippen LogP contribution in [0.4, 0.5) is 0 Å². The summed E-state index contributed by atoms with van der Waals surface area (Å²) in [7, 11) is -5.36. The maximum Gasteiger partial charge on any atom is 0.244 e. The van der Waals surface area contributed by atoms with Gasteiger partial charge in [0.25, 0.3) is 0 Å². The highest BCUT2D eigenvalue weighted by molar-refractivity contribution is 7.89. The Kier molecular flexibility index (Phi) is 8.02. The number of benzene rings is 2. The first-order valence-electron chi connectivity index (χ1n) is 9.42. The van der Waals surface area contributed by atoms with Crippen molar-refractivity contribution in [2.45, 2.75) is 22.8 Å². The average molecular weight is 578 g/mol. The summed E-state index contributed by atoms with van der Waals surface area (Å²) in [5.41, 5.74) is 0. The molecule has 14 heteroatoms. The fourth-order valence-corrected chi connectivity index (χ4v) is 8.25. The second kappa shape index (κ2) is 9.94. The van der Waals surface area contributed by atoms with Gasteiger partial charge < -0.3 is 9.47 Å². The number of hydrogen-bond donors (Lipinski definition) is 0. The van der Waals surface area contributed by atoms with Crippen LogP contribution in [0, 0.1) is 0 Å². The quantitative estimate of drug-likeness (QED) is 0.505. The van der Waals surface area contributed by atoms with Crippen LogP contribution in [0.5, 0.6) is 11.5 Å². The summed E-state index contributed by atoms with van der Waals surface area (Å²) in [6.45, 7) is 1.28. The minimum atomic E-state index is -4.07. The van der Waals surface area contributed by atoms with Crippen LogP contribution in [-0.4, -0.2) is 65.3 Å². The molecule has 0 saturated carbocycles. The third-order valence-corrected chi connectivity index (χ3v) is 10.5. The molecule has 0 N–H and O–H groups in total. The van der Waals surface area contributed by atoms with Crippen molar-refractivity contribution >= 4 is 66.5 Å². The molecule has 1 unspecified atom stereocenters. The lowest BCUT2D eigenvalue weighted by Crippen LogP contribution is -2.55. The summed E-state index contributed by atoms with van der Waals surface area (Å²) in [6, 6.07) is 4.36. The van der Waals surface area contributed by atoms with Crippen molar-refractivity contribution in [3.63, 3.8) is 0 Å². The molecule has 1 heterocycles. The maximum atomic E-state index is 13.3. The number of sulfonamides is 2. The van der Waals surface area contributed by atoms with Gasteiger partial charge in [-0.05, 0) is 19.1 Å². The highest BCUT2D eigenvalue weighted by atomic mass is 35.5. The largest absolute Gasteiger partial charge is 0.495 e. The van der Waals surface area contributed by atoms with Crippen LogP contribution in [0.15, 0.2) is 34.1 Å². The number of piperazine rings is 1. The molecule has 182 valence electrons. The van der Waals surface area contributed by atoms with Crippen molar-refractivity contribution in [3.8, 4) is 11.5 Å². The van der Waals surface area contributed by atoms with Gasteiger partial charge in [0.15, 0.2) is 0 Å². The van der Waals surface area contributed by atoms with Gasteiger partial charge in [-0.1, -0.05) is 46.4 Å². The van der Waals surface area contributed by atoms with E-state index in [4.69, 9.17) is 55.9 Å². The van der Waals surface area contributed by atoms with Crippen LogP contribution in [0.3, 0.4) is 0 Å². The third kappa shape index (κ3) is 5.04. The Balaban J connectivity index is 1.89. The Morgan fingerprint density at radius 2 is 1.21 bits per heavy atom. The standard InChI is InChI=1S/C19H20Cl4N2O6S2/c1-11-10-24(32(26,27)18-8-12(20)16(30-2)6-14(18)22)4-5-25(11)33(28,29)19-9-13(21)17(31-3)7-15(19)23/h6-9,11H,4-5,10H2,1-3H3. The number of rotatable bonds is 6. The lowest BCUT2D eigenvalue weighted by atomic mass is 10.3. The Labute approximate surface area is 213 Å². The fourth-order valence-electron chi connectivity index (χ4n) is 3.48. The van der Waals surface area contributed by atoms with Crippen molar-refractivity contribution in [2.24, 2.45) is 0 Å². The zero-order valence-electron chi connectivity index (χ0n) is 17.7. The van der Waals surface area contributed by atoms with Crippen molar-refractivity contribution in [1.29, 1.82) is 0 Å². The van der Waals surface area contributed by atoms with Gasteiger partial charge in [-0.15, -0.1) is 0 Å². The van der Waals surface area contributed by atoms with Gasteiger partial charge in [0.05, 0.1) is 34.3 Å². The monoisotopic (exact) mass is 576 g/mol. The Morgan fingerprint density at radius 3 is 1.64 bits per heavy atom. The molecule has 2 aromatic rings. The van der Waals surface area contributed by atoms with Crippen molar-refractivity contribution in [3.05, 3.63) is 44.4 Å². The molecule has 1 aliphatic rings. The first kappa shape index (κ1) is 26.6. The molecule has 0 amide bonds. The second-order valence-corrected chi connectivity index (χ2v) is 12.6. The van der Waals surface area contributed by atoms with E-state index in [1.807, 2.05) is 0 Å². The van der Waals surface area contributed by atoms with Crippen molar-refractivity contribution in [1.82, 2.24) is 8.61 Å². The molecule has 0 aliphatic carbocycles. The van der Waals surface area contributed by atoms with E-state index < -0.39 is 26.1 Å². The van der Waals surface area contributed by atoms with Gasteiger partial charge in [0.1, 0.15) is 21.3 Å². The van der Waals surface area contributed by atoms with Crippen molar-refractivity contribution < 1.29 is 26.3 Å². The fraction of sp³-hybridized carbons (Fsp3) is 0.368. The highest BCUT2D eigenvalue weighted by Gasteiger charge is 2.39. The molecule has 0 bridgehead atoms. The molecule has 2 aromatic carbocycles. The summed E-state index contributed by atoms with van der Waals surface area (Å²) in [5.74, 6) is 0.472. The summed E-state index contributed by atoms with van der Waals surface area (Å²) >= 11 is 24.5. The molecule has 0 aromatic heterocycles. The SMILES string of the molecule is COc1cc(Cl)c(S(=O)(=O)N2CCN(S(=O)(=O)c3cc(Cl)c(OC)cc3Cl)C(C)C2)cc1Cl. The van der Waals surface area contributed by atoms with Crippen LogP contribution < -0.4 is 9.47 Å². The maximum absolute atomic E-state index is 13.3. The van der Waals surface area contributed by atoms with Gasteiger partial charge in [0, 0.05) is 37.8 Å². The number of ether oxygens (including phenoxy) is 2. The summed E-state index contributed by atoms with van der Waals surface area (Å²) in [5, 5.41) is 0.0536. The molecule has 0 spiro atoms. The average Bonchev–Trinajstić information content (AvgIpc) is 2.75. The van der Waals surface area contributed by atoms with Gasteiger partial charge in [-0.25, -0.2) is 16.8 Å². The normalized spacial score (nSPS) is 18.3. The molecular weight excluding hydrogens is 558 g/mol. The summed E-state index contributed by atoms with van der Waals surface area (Å²) in [4.78, 5) is -0.383. The zero-order chi connectivity index (χ0) is 24.7. The van der Waals surface area contributed by atoms with Crippen LogP contribution in [-0.2, 0) is 20.0 Å². The lowest BCUT2D eigenvalue weighted by molar-refractivity contribution is 0.212. The Morgan fingerprint density at radius 1 is 0.758 bits per heavy atom. The Hall–Kier alpha value is -0.980. The number of halogens is 4. The molecule has 3 rings (SSSR count). The van der Waals surface area contributed by atoms with Gasteiger partial charge in [0.2, 0.25) is 20.0 Å². The van der Waals surface area contributed by atoms with E-state index in [0.29, 0.717) is 0 Å². The molecular formula is C19H20Cl4N2O6S2. The van der Waals surface area contributed by atoms with Gasteiger partial charge in [-0.2, -0.15) is 8.61 Å². The Bertz CT molecular complexity index is 1290. The van der Waals surface area contributed by atoms with Crippen LogP contribution in [0.1, 0.15) is 6.92 Å². The van der Waals surface area contributed by atoms with E-state index in [1.54, 1.807) is 6.92 Å². The van der Waals surface area contributed by atoms with Gasteiger partial charge in [-0.3, -0.25) is 0 Å². The third-order valence-electron chi connectivity index (χ3n) is 5.15. The molecule has 1 saturated heterocycles. The first-order valence-corrected chi connectivity index (χ1v) is 13.8. The van der Waals surface area contributed by atoms with Crippen LogP contribution >= 0.6 is 46.4 Å². The summed E-state index contributed by atoms with van der Waals surface area (Å²) in [6.07, 6.45) is 0. The van der Waals surface area contributed by atoms with Gasteiger partial charge >= 0.3 is 0 Å². The minimum absolute atomic E-state index is 0.0568. The highest BCUT2D eigenvalue weighted by Crippen LogP contribution is 2.37. The molecule has 1 aliphatic heterocycles. The van der Waals surface area contributed by atoms with Crippen LogP contribution in [0.25, 0.3) is 0 Å². The minimum Gasteiger partial charge on any atom is -0.495 e. The second-order valence-electron chi connectivity index (χ2n) is 7.16. The summed E-state index contributed by atoms with van der Waals surface area (Å²) < 4.78 is 65.5. The van der Waals surface area contributed by atoms with Crippen molar-refractivity contribution in [2.75, 3.05) is 33.9 Å². The predicted octanol–water partition coefficient (Wildman–Crippen LogP) is 4.40. The first-order chi connectivity index (χ1) is 15.3. The van der Waals surface area contributed by atoms with E-state index >= 15 is 0 Å². The van der Waals surface area contributed by atoms with E-state index in [0.717, 1.165) is 4.31 Å². The smallest absolute Gasteiger partial charge is 0.244 e. The topological polar surface area (TPSA) is 93.2 Å². The molecule has 1 atom stereocenters. The predicted molar refractivity (Wildman–Crippen MR) is 128 cm³/mol. The van der Waals surface area contributed by atoms with E-state index in [2.05, 4.69) is 0 Å². The molecule has 1 fully saturated rings. The molecule has 8 nitrogen and oxygen atoms in total. The zero-order valence-corrected chi connectivity index (χ0v) is 22.3. The molecule has 0 radical (unpaired) electrons. The molecule has 33 heavy (non-hydrogen) atoms. The lowest BCUT2D eigenvalue weighted by Gasteiger charge is -2.38. The number of methoxy groups -OCH3 is 2.